The summed E-state index contributed by atoms with van der Waals surface area (Å²) in [7, 11) is 0. The average molecular weight is 297 g/mol. The van der Waals surface area contributed by atoms with Crippen LogP contribution in [0.5, 0.6) is 0 Å². The summed E-state index contributed by atoms with van der Waals surface area (Å²) in [5, 5.41) is 9.11. The van der Waals surface area contributed by atoms with Gasteiger partial charge >= 0.3 is 5.97 Å². The lowest BCUT2D eigenvalue weighted by Crippen LogP contribution is -2.37. The van der Waals surface area contributed by atoms with Crippen molar-refractivity contribution in [3.63, 3.8) is 0 Å². The number of nitrogens with zero attached hydrogens (tertiary/aromatic N) is 1. The maximum absolute atomic E-state index is 13.0. The van der Waals surface area contributed by atoms with Crippen molar-refractivity contribution in [1.82, 2.24) is 0 Å². The van der Waals surface area contributed by atoms with Crippen LogP contribution in [0.15, 0.2) is 36.4 Å². The van der Waals surface area contributed by atoms with Gasteiger partial charge in [-0.3, -0.25) is 9.59 Å². The fourth-order valence-corrected chi connectivity index (χ4v) is 4.35. The molecule has 1 aliphatic heterocycles. The van der Waals surface area contributed by atoms with Crippen molar-refractivity contribution in [3.05, 3.63) is 42.0 Å². The quantitative estimate of drug-likeness (QED) is 0.873. The first-order chi connectivity index (χ1) is 10.6. The van der Waals surface area contributed by atoms with Crippen molar-refractivity contribution >= 4 is 17.6 Å². The van der Waals surface area contributed by atoms with E-state index in [1.807, 2.05) is 29.2 Å². The molecule has 1 N–H and O–H groups in total. The molecule has 1 amide bonds. The van der Waals surface area contributed by atoms with Crippen LogP contribution in [0, 0.1) is 17.8 Å². The van der Waals surface area contributed by atoms with Crippen molar-refractivity contribution in [2.24, 2.45) is 17.8 Å². The van der Waals surface area contributed by atoms with Crippen LogP contribution in [0.2, 0.25) is 0 Å². The maximum Gasteiger partial charge on any atom is 0.304 e. The molecule has 22 heavy (non-hydrogen) atoms. The molecule has 1 fully saturated rings. The Kier molecular flexibility index (Phi) is 3.06. The number of carboxylic acid groups (broad SMARTS) is 1. The molecule has 0 radical (unpaired) electrons. The second kappa shape index (κ2) is 4.97. The number of carbonyl (C=O) groups excluding carboxylic acids is 1. The van der Waals surface area contributed by atoms with Crippen LogP contribution < -0.4 is 4.90 Å². The number of allylic oxidation sites excluding steroid dienone is 2. The Labute approximate surface area is 129 Å². The first kappa shape index (κ1) is 13.6. The van der Waals surface area contributed by atoms with Crippen LogP contribution in [-0.4, -0.2) is 23.5 Å². The monoisotopic (exact) mass is 297 g/mol. The van der Waals surface area contributed by atoms with E-state index in [4.69, 9.17) is 5.11 Å². The lowest BCUT2D eigenvalue weighted by atomic mass is 9.92. The predicted molar refractivity (Wildman–Crippen MR) is 82.6 cm³/mol. The summed E-state index contributed by atoms with van der Waals surface area (Å²) >= 11 is 0. The molecule has 3 aliphatic rings. The van der Waals surface area contributed by atoms with Gasteiger partial charge < -0.3 is 10.0 Å². The smallest absolute Gasteiger partial charge is 0.304 e. The van der Waals surface area contributed by atoms with E-state index in [-0.39, 0.29) is 24.2 Å². The number of para-hydroxylation sites is 1. The van der Waals surface area contributed by atoms with Crippen molar-refractivity contribution in [1.29, 1.82) is 0 Å². The highest BCUT2D eigenvalue weighted by atomic mass is 16.4. The Bertz CT molecular complexity index is 666. The van der Waals surface area contributed by atoms with Crippen LogP contribution in [0.3, 0.4) is 0 Å². The third kappa shape index (κ3) is 2.05. The van der Waals surface area contributed by atoms with E-state index in [1.54, 1.807) is 0 Å². The Balaban J connectivity index is 1.61. The summed E-state index contributed by atoms with van der Waals surface area (Å²) in [5.41, 5.74) is 1.91. The fraction of sp³-hybridized carbons (Fsp3) is 0.444. The van der Waals surface area contributed by atoms with Gasteiger partial charge in [0.05, 0.1) is 6.42 Å². The summed E-state index contributed by atoms with van der Waals surface area (Å²) in [4.78, 5) is 25.9. The SMILES string of the molecule is O=C(O)CC1CN(C(=O)C2CC3C=CC2C3)c2ccccc21. The third-order valence-corrected chi connectivity index (χ3v) is 5.35. The highest BCUT2D eigenvalue weighted by molar-refractivity contribution is 5.98. The number of hydrogen-bond donors (Lipinski definition) is 1. The zero-order valence-electron chi connectivity index (χ0n) is 12.3. The minimum Gasteiger partial charge on any atom is -0.481 e. The molecule has 4 heteroatoms. The van der Waals surface area contributed by atoms with E-state index in [0.29, 0.717) is 18.4 Å². The van der Waals surface area contributed by atoms with Gasteiger partial charge in [0.1, 0.15) is 0 Å². The lowest BCUT2D eigenvalue weighted by Gasteiger charge is -2.25. The molecule has 1 heterocycles. The van der Waals surface area contributed by atoms with Gasteiger partial charge in [-0.2, -0.15) is 0 Å². The summed E-state index contributed by atoms with van der Waals surface area (Å²) in [5.74, 6) is 0.294. The van der Waals surface area contributed by atoms with Crippen molar-refractivity contribution in [3.8, 4) is 0 Å². The normalized spacial score (nSPS) is 31.5. The Morgan fingerprint density at radius 1 is 1.18 bits per heavy atom. The number of rotatable bonds is 3. The van der Waals surface area contributed by atoms with E-state index in [9.17, 15) is 9.59 Å². The number of amides is 1. The lowest BCUT2D eigenvalue weighted by molar-refractivity contribution is -0.137. The van der Waals surface area contributed by atoms with Gasteiger partial charge in [0, 0.05) is 24.1 Å². The van der Waals surface area contributed by atoms with E-state index in [2.05, 4.69) is 12.2 Å². The Morgan fingerprint density at radius 3 is 2.68 bits per heavy atom. The van der Waals surface area contributed by atoms with Gasteiger partial charge in [-0.05, 0) is 36.3 Å². The standard InChI is InChI=1S/C18H19NO3/c20-17(21)9-13-10-19(16-4-2-1-3-14(13)16)18(22)15-8-11-5-6-12(15)7-11/h1-6,11-13,15H,7-10H2,(H,20,21). The van der Waals surface area contributed by atoms with E-state index < -0.39 is 5.97 Å². The number of carbonyl (C=O) groups is 2. The molecular formula is C18H19NO3. The molecule has 4 nitrogen and oxygen atoms in total. The molecule has 2 aliphatic carbocycles. The molecule has 0 spiro atoms. The number of anilines is 1. The maximum atomic E-state index is 13.0. The second-order valence-electron chi connectivity index (χ2n) is 6.69. The highest BCUT2D eigenvalue weighted by Crippen LogP contribution is 2.46. The van der Waals surface area contributed by atoms with Crippen molar-refractivity contribution < 1.29 is 14.7 Å². The summed E-state index contributed by atoms with van der Waals surface area (Å²) in [6.07, 6.45) is 6.55. The molecule has 1 saturated carbocycles. The molecule has 1 aromatic rings. The molecule has 4 atom stereocenters. The molecule has 1 aromatic carbocycles. The van der Waals surface area contributed by atoms with Crippen LogP contribution in [0.25, 0.3) is 0 Å². The predicted octanol–water partition coefficient (Wildman–Crippen LogP) is 2.80. The highest BCUT2D eigenvalue weighted by Gasteiger charge is 2.44. The van der Waals surface area contributed by atoms with Gasteiger partial charge in [-0.1, -0.05) is 30.4 Å². The van der Waals surface area contributed by atoms with Crippen LogP contribution in [-0.2, 0) is 9.59 Å². The van der Waals surface area contributed by atoms with E-state index in [1.165, 1.54) is 0 Å². The molecule has 114 valence electrons. The van der Waals surface area contributed by atoms with Gasteiger partial charge in [-0.15, -0.1) is 0 Å². The zero-order chi connectivity index (χ0) is 15.3. The van der Waals surface area contributed by atoms with Gasteiger partial charge in [-0.25, -0.2) is 0 Å². The first-order valence-electron chi connectivity index (χ1n) is 7.94. The van der Waals surface area contributed by atoms with Crippen molar-refractivity contribution in [2.75, 3.05) is 11.4 Å². The van der Waals surface area contributed by atoms with Gasteiger partial charge in [0.2, 0.25) is 5.91 Å². The third-order valence-electron chi connectivity index (χ3n) is 5.35. The van der Waals surface area contributed by atoms with E-state index in [0.717, 1.165) is 24.1 Å². The molecular weight excluding hydrogens is 278 g/mol. The largest absolute Gasteiger partial charge is 0.481 e. The van der Waals surface area contributed by atoms with Crippen LogP contribution >= 0.6 is 0 Å². The first-order valence-corrected chi connectivity index (χ1v) is 7.94. The molecule has 4 rings (SSSR count). The summed E-state index contributed by atoms with van der Waals surface area (Å²) in [6, 6.07) is 7.74. The Hall–Kier alpha value is -2.10. The van der Waals surface area contributed by atoms with Gasteiger partial charge in [0.25, 0.3) is 0 Å². The number of hydrogen-bond acceptors (Lipinski definition) is 2. The summed E-state index contributed by atoms with van der Waals surface area (Å²) < 4.78 is 0. The fourth-order valence-electron chi connectivity index (χ4n) is 4.35. The minimum absolute atomic E-state index is 0.0756. The minimum atomic E-state index is -0.808. The number of benzene rings is 1. The number of carboxylic acids is 1. The van der Waals surface area contributed by atoms with Crippen LogP contribution in [0.1, 0.15) is 30.7 Å². The number of aliphatic carboxylic acids is 1. The molecule has 0 saturated heterocycles. The Morgan fingerprint density at radius 2 is 2.00 bits per heavy atom. The zero-order valence-corrected chi connectivity index (χ0v) is 12.3. The van der Waals surface area contributed by atoms with Gasteiger partial charge in [0.15, 0.2) is 0 Å². The van der Waals surface area contributed by atoms with Crippen LogP contribution in [0.4, 0.5) is 5.69 Å². The second-order valence-corrected chi connectivity index (χ2v) is 6.69. The molecule has 0 aromatic heterocycles. The molecule has 4 unspecified atom stereocenters. The van der Waals surface area contributed by atoms with Crippen molar-refractivity contribution in [2.45, 2.75) is 25.2 Å². The number of fused-ring (bicyclic) bond motifs is 3. The average Bonchev–Trinajstić information content (AvgIpc) is 3.20. The summed E-state index contributed by atoms with van der Waals surface area (Å²) in [6.45, 7) is 0.502. The molecule has 2 bridgehead atoms. The topological polar surface area (TPSA) is 57.6 Å². The van der Waals surface area contributed by atoms with E-state index >= 15 is 0 Å².